The van der Waals surface area contributed by atoms with Crippen LogP contribution in [0, 0.1) is 0 Å². The van der Waals surface area contributed by atoms with E-state index in [9.17, 15) is 0 Å². The summed E-state index contributed by atoms with van der Waals surface area (Å²) in [5.74, 6) is 0.755. The average molecular weight is 423 g/mol. The van der Waals surface area contributed by atoms with Crippen LogP contribution in [0.25, 0.3) is 33.4 Å². The molecule has 5 rings (SSSR count). The van der Waals surface area contributed by atoms with E-state index in [4.69, 9.17) is 16.6 Å². The molecule has 5 heteroatoms. The zero-order valence-corrected chi connectivity index (χ0v) is 17.4. The van der Waals surface area contributed by atoms with Crippen LogP contribution in [0.3, 0.4) is 0 Å². The first kappa shape index (κ1) is 19.2. The molecule has 150 valence electrons. The second kappa shape index (κ2) is 8.54. The Hall–Kier alpha value is -3.76. The molecule has 2 heterocycles. The highest BCUT2D eigenvalue weighted by Gasteiger charge is 2.15. The van der Waals surface area contributed by atoms with Gasteiger partial charge in [0.25, 0.3) is 0 Å². The second-order valence-electron chi connectivity index (χ2n) is 7.19. The van der Waals surface area contributed by atoms with Crippen molar-refractivity contribution in [2.45, 2.75) is 6.54 Å². The normalized spacial score (nSPS) is 10.9. The van der Waals surface area contributed by atoms with E-state index in [1.807, 2.05) is 60.7 Å². The Bertz CT molecular complexity index is 1320. The Labute approximate surface area is 185 Å². The summed E-state index contributed by atoms with van der Waals surface area (Å²) in [6.45, 7) is 0.660. The van der Waals surface area contributed by atoms with Gasteiger partial charge in [-0.3, -0.25) is 0 Å². The molecule has 0 spiro atoms. The maximum atomic E-state index is 6.14. The van der Waals surface area contributed by atoms with Gasteiger partial charge in [-0.25, -0.2) is 15.0 Å². The number of hydrogen-bond donors (Lipinski definition) is 1. The topological polar surface area (TPSA) is 50.7 Å². The fourth-order valence-corrected chi connectivity index (χ4v) is 3.72. The average Bonchev–Trinajstić information content (AvgIpc) is 2.83. The van der Waals surface area contributed by atoms with Crippen LogP contribution in [-0.4, -0.2) is 15.0 Å². The van der Waals surface area contributed by atoms with Gasteiger partial charge < -0.3 is 5.32 Å². The van der Waals surface area contributed by atoms with Gasteiger partial charge in [-0.1, -0.05) is 84.4 Å². The number of halogens is 1. The van der Waals surface area contributed by atoms with Crippen LogP contribution >= 0.6 is 11.6 Å². The molecule has 0 bridgehead atoms. The molecule has 0 unspecified atom stereocenters. The zero-order valence-electron chi connectivity index (χ0n) is 16.7. The molecular weight excluding hydrogens is 404 g/mol. The number of fused-ring (bicyclic) bond motifs is 1. The third-order valence-corrected chi connectivity index (χ3v) is 5.38. The van der Waals surface area contributed by atoms with Crippen LogP contribution in [0.15, 0.2) is 97.3 Å². The molecule has 5 aromatic rings. The number of hydrogen-bond acceptors (Lipinski definition) is 4. The fraction of sp³-hybridized carbons (Fsp3) is 0.0385. The van der Waals surface area contributed by atoms with E-state index in [0.29, 0.717) is 17.2 Å². The summed E-state index contributed by atoms with van der Waals surface area (Å²) in [4.78, 5) is 13.9. The summed E-state index contributed by atoms with van der Waals surface area (Å²) in [5.41, 5.74) is 5.78. The highest BCUT2D eigenvalue weighted by molar-refractivity contribution is 6.30. The Morgan fingerprint density at radius 2 is 1.45 bits per heavy atom. The lowest BCUT2D eigenvalue weighted by Crippen LogP contribution is -2.04. The highest BCUT2D eigenvalue weighted by atomic mass is 35.5. The van der Waals surface area contributed by atoms with Crippen LogP contribution in [0.2, 0.25) is 5.02 Å². The molecule has 0 saturated heterocycles. The van der Waals surface area contributed by atoms with Crippen LogP contribution in [0.4, 0.5) is 5.82 Å². The minimum Gasteiger partial charge on any atom is -0.365 e. The largest absolute Gasteiger partial charge is 0.365 e. The smallest absolute Gasteiger partial charge is 0.165 e. The number of aromatic nitrogens is 3. The van der Waals surface area contributed by atoms with Crippen LogP contribution < -0.4 is 5.32 Å². The molecule has 31 heavy (non-hydrogen) atoms. The summed E-state index contributed by atoms with van der Waals surface area (Å²) < 4.78 is 0. The van der Waals surface area contributed by atoms with Crippen LogP contribution in [-0.2, 0) is 6.54 Å². The summed E-state index contributed by atoms with van der Waals surface area (Å²) in [7, 11) is 0. The predicted molar refractivity (Wildman–Crippen MR) is 127 cm³/mol. The van der Waals surface area contributed by atoms with Gasteiger partial charge in [0.05, 0.1) is 11.1 Å². The summed E-state index contributed by atoms with van der Waals surface area (Å²) in [6.07, 6.45) is 1.56. The first-order chi connectivity index (χ1) is 15.3. The molecule has 3 aromatic carbocycles. The van der Waals surface area contributed by atoms with Crippen molar-refractivity contribution in [3.8, 4) is 22.4 Å². The first-order valence-electron chi connectivity index (χ1n) is 10.0. The Balaban J connectivity index is 1.67. The minimum atomic E-state index is 0.650. The van der Waals surface area contributed by atoms with Gasteiger partial charge in [0.1, 0.15) is 12.1 Å². The standard InChI is InChI=1S/C26H19ClN4/c27-21-13-11-19(12-14-21)22-15-23(20-9-5-2-6-10-20)31-26-24(22)25(29-17-30-26)28-16-18-7-3-1-4-8-18/h1-15,17H,16H2,(H,28,29,30,31). The minimum absolute atomic E-state index is 0.650. The molecule has 4 nitrogen and oxygen atoms in total. The van der Waals surface area contributed by atoms with Crippen molar-refractivity contribution in [3.05, 3.63) is 108 Å². The SMILES string of the molecule is Clc1ccc(-c2cc(-c3ccccc3)nc3ncnc(NCc4ccccc4)c23)cc1. The Kier molecular flexibility index (Phi) is 5.29. The van der Waals surface area contributed by atoms with Crippen molar-refractivity contribution < 1.29 is 0 Å². The molecule has 1 N–H and O–H groups in total. The molecule has 0 aliphatic rings. The van der Waals surface area contributed by atoms with Gasteiger partial charge in [0, 0.05) is 17.1 Å². The number of nitrogens with zero attached hydrogens (tertiary/aromatic N) is 3. The maximum absolute atomic E-state index is 6.14. The Morgan fingerprint density at radius 3 is 2.19 bits per heavy atom. The third kappa shape index (κ3) is 4.11. The molecule has 0 saturated carbocycles. The molecular formula is C26H19ClN4. The number of pyridine rings is 1. The van der Waals surface area contributed by atoms with Gasteiger partial charge in [0.2, 0.25) is 0 Å². The van der Waals surface area contributed by atoms with Gasteiger partial charge in [0.15, 0.2) is 5.65 Å². The van der Waals surface area contributed by atoms with Crippen LogP contribution in [0.1, 0.15) is 5.56 Å². The number of benzene rings is 3. The van der Waals surface area contributed by atoms with Crippen molar-refractivity contribution >= 4 is 28.5 Å². The molecule has 0 aliphatic heterocycles. The van der Waals surface area contributed by atoms with E-state index >= 15 is 0 Å². The molecule has 0 atom stereocenters. The van der Waals surface area contributed by atoms with Crippen molar-refractivity contribution in [2.75, 3.05) is 5.32 Å². The van der Waals surface area contributed by atoms with E-state index in [2.05, 4.69) is 45.6 Å². The van der Waals surface area contributed by atoms with Gasteiger partial charge in [-0.05, 0) is 34.9 Å². The van der Waals surface area contributed by atoms with Crippen molar-refractivity contribution in [1.29, 1.82) is 0 Å². The highest BCUT2D eigenvalue weighted by Crippen LogP contribution is 2.35. The van der Waals surface area contributed by atoms with Gasteiger partial charge in [-0.15, -0.1) is 0 Å². The third-order valence-electron chi connectivity index (χ3n) is 5.13. The fourth-order valence-electron chi connectivity index (χ4n) is 3.59. The number of nitrogens with one attached hydrogen (secondary N) is 1. The van der Waals surface area contributed by atoms with E-state index in [1.165, 1.54) is 5.56 Å². The number of anilines is 1. The summed E-state index contributed by atoms with van der Waals surface area (Å²) in [5, 5.41) is 5.06. The maximum Gasteiger partial charge on any atom is 0.165 e. The van der Waals surface area contributed by atoms with Crippen LogP contribution in [0.5, 0.6) is 0 Å². The monoisotopic (exact) mass is 422 g/mol. The second-order valence-corrected chi connectivity index (χ2v) is 7.62. The van der Waals surface area contributed by atoms with Crippen molar-refractivity contribution in [3.63, 3.8) is 0 Å². The molecule has 2 aromatic heterocycles. The van der Waals surface area contributed by atoms with Crippen molar-refractivity contribution in [1.82, 2.24) is 15.0 Å². The van der Waals surface area contributed by atoms with E-state index in [-0.39, 0.29) is 0 Å². The molecule has 0 aliphatic carbocycles. The summed E-state index contributed by atoms with van der Waals surface area (Å²) >= 11 is 6.14. The van der Waals surface area contributed by atoms with Gasteiger partial charge >= 0.3 is 0 Å². The Morgan fingerprint density at radius 1 is 0.742 bits per heavy atom. The van der Waals surface area contributed by atoms with E-state index in [0.717, 1.165) is 33.6 Å². The quantitative estimate of drug-likeness (QED) is 0.345. The molecule has 0 radical (unpaired) electrons. The van der Waals surface area contributed by atoms with Crippen molar-refractivity contribution in [2.24, 2.45) is 0 Å². The lowest BCUT2D eigenvalue weighted by Gasteiger charge is -2.14. The first-order valence-corrected chi connectivity index (χ1v) is 10.4. The molecule has 0 amide bonds. The zero-order chi connectivity index (χ0) is 21.0. The lowest BCUT2D eigenvalue weighted by molar-refractivity contribution is 1.10. The lowest BCUT2D eigenvalue weighted by atomic mass is 9.99. The molecule has 0 fully saturated rings. The van der Waals surface area contributed by atoms with Gasteiger partial charge in [-0.2, -0.15) is 0 Å². The predicted octanol–water partition coefficient (Wildman–Crippen LogP) is 6.62. The van der Waals surface area contributed by atoms with E-state index < -0.39 is 0 Å². The van der Waals surface area contributed by atoms with E-state index in [1.54, 1.807) is 6.33 Å². The number of rotatable bonds is 5. The summed E-state index contributed by atoms with van der Waals surface area (Å²) in [6, 6.07) is 30.3.